The third kappa shape index (κ3) is 3.79. The lowest BCUT2D eigenvalue weighted by Crippen LogP contribution is -2.33. The van der Waals surface area contributed by atoms with E-state index >= 15 is 0 Å². The van der Waals surface area contributed by atoms with Gasteiger partial charge >= 0.3 is 0 Å². The number of allylic oxidation sites excluding steroid dienone is 1. The zero-order valence-corrected chi connectivity index (χ0v) is 19.3. The minimum absolute atomic E-state index is 0.0158. The Hall–Kier alpha value is -4.45. The van der Waals surface area contributed by atoms with Gasteiger partial charge in [-0.15, -0.1) is 0 Å². The van der Waals surface area contributed by atoms with Gasteiger partial charge in [-0.1, -0.05) is 0 Å². The molecule has 9 nitrogen and oxygen atoms in total. The summed E-state index contributed by atoms with van der Waals surface area (Å²) >= 11 is 0. The topological polar surface area (TPSA) is 122 Å². The number of nitrogens with two attached hydrogens (primary N) is 1. The van der Waals surface area contributed by atoms with Gasteiger partial charge in [0.2, 0.25) is 11.6 Å². The highest BCUT2D eigenvalue weighted by atomic mass is 16.5. The van der Waals surface area contributed by atoms with Crippen LogP contribution in [0, 0.1) is 18.3 Å². The van der Waals surface area contributed by atoms with Crippen molar-refractivity contribution in [3.8, 4) is 29.1 Å². The minimum atomic E-state index is -0.670. The molecule has 3 heterocycles. The SMILES string of the molecule is COc1cc(Cn2c(C)cc3c(c2=O)[C@@H](c2ccncc2)C(C#N)=C(N)O3)cc(OC)c1OC. The van der Waals surface area contributed by atoms with E-state index in [9.17, 15) is 10.1 Å². The molecule has 1 aromatic carbocycles. The predicted molar refractivity (Wildman–Crippen MR) is 124 cm³/mol. The Kier molecular flexibility index (Phi) is 6.15. The number of nitriles is 1. The number of fused-ring (bicyclic) bond motifs is 1. The monoisotopic (exact) mass is 460 g/mol. The number of aromatic nitrogens is 2. The second-order valence-corrected chi connectivity index (χ2v) is 7.69. The van der Waals surface area contributed by atoms with Crippen LogP contribution in [0.2, 0.25) is 0 Å². The van der Waals surface area contributed by atoms with E-state index in [-0.39, 0.29) is 23.6 Å². The van der Waals surface area contributed by atoms with Crippen LogP contribution in [0.25, 0.3) is 0 Å². The fraction of sp³-hybridized carbons (Fsp3) is 0.240. The summed E-state index contributed by atoms with van der Waals surface area (Å²) in [6, 6.07) is 11.0. The van der Waals surface area contributed by atoms with Gasteiger partial charge in [0.05, 0.1) is 39.4 Å². The first kappa shape index (κ1) is 22.7. The number of methoxy groups -OCH3 is 3. The molecular formula is C25H24N4O5. The minimum Gasteiger partial charge on any atom is -0.493 e. The van der Waals surface area contributed by atoms with Gasteiger partial charge in [-0.05, 0) is 42.3 Å². The van der Waals surface area contributed by atoms with Gasteiger partial charge in [-0.25, -0.2) is 0 Å². The number of rotatable bonds is 6. The normalized spacial score (nSPS) is 14.6. The quantitative estimate of drug-likeness (QED) is 0.596. The molecule has 2 N–H and O–H groups in total. The molecule has 0 amide bonds. The van der Waals surface area contributed by atoms with Crippen LogP contribution in [0.1, 0.15) is 28.3 Å². The molecule has 1 atom stereocenters. The molecule has 1 aliphatic rings. The molecule has 1 aliphatic heterocycles. The van der Waals surface area contributed by atoms with Crippen LogP contribution in [0.4, 0.5) is 0 Å². The summed E-state index contributed by atoms with van der Waals surface area (Å²) < 4.78 is 23.6. The highest BCUT2D eigenvalue weighted by molar-refractivity contribution is 5.56. The predicted octanol–water partition coefficient (Wildman–Crippen LogP) is 2.84. The van der Waals surface area contributed by atoms with E-state index in [2.05, 4.69) is 11.1 Å². The number of ether oxygens (including phenoxy) is 4. The Morgan fingerprint density at radius 2 is 1.76 bits per heavy atom. The van der Waals surface area contributed by atoms with E-state index in [0.717, 1.165) is 11.1 Å². The van der Waals surface area contributed by atoms with Crippen molar-refractivity contribution in [1.29, 1.82) is 5.26 Å². The average Bonchev–Trinajstić information content (AvgIpc) is 2.85. The largest absolute Gasteiger partial charge is 0.493 e. The van der Waals surface area contributed by atoms with Crippen molar-refractivity contribution in [3.63, 3.8) is 0 Å². The zero-order valence-electron chi connectivity index (χ0n) is 19.3. The van der Waals surface area contributed by atoms with Gasteiger partial charge in [0.1, 0.15) is 17.4 Å². The molecule has 174 valence electrons. The molecule has 3 aromatic rings. The summed E-state index contributed by atoms with van der Waals surface area (Å²) in [5.74, 6) is 1.09. The van der Waals surface area contributed by atoms with E-state index in [1.54, 1.807) is 47.3 Å². The molecule has 0 fully saturated rings. The lowest BCUT2D eigenvalue weighted by Gasteiger charge is -2.27. The summed E-state index contributed by atoms with van der Waals surface area (Å²) in [5, 5.41) is 9.80. The molecule has 0 aliphatic carbocycles. The number of pyridine rings is 2. The maximum Gasteiger partial charge on any atom is 0.259 e. The van der Waals surface area contributed by atoms with Gasteiger partial charge < -0.3 is 29.2 Å². The van der Waals surface area contributed by atoms with Crippen molar-refractivity contribution < 1.29 is 18.9 Å². The maximum atomic E-state index is 13.8. The van der Waals surface area contributed by atoms with Crippen molar-refractivity contribution >= 4 is 0 Å². The molecule has 0 saturated carbocycles. The van der Waals surface area contributed by atoms with Gasteiger partial charge in [-0.2, -0.15) is 5.26 Å². The van der Waals surface area contributed by atoms with E-state index in [1.165, 1.54) is 21.3 Å². The summed E-state index contributed by atoms with van der Waals surface area (Å²) in [6.45, 7) is 2.04. The molecule has 34 heavy (non-hydrogen) atoms. The van der Waals surface area contributed by atoms with Crippen LogP contribution in [0.5, 0.6) is 23.0 Å². The first-order valence-corrected chi connectivity index (χ1v) is 10.4. The first-order valence-electron chi connectivity index (χ1n) is 10.4. The zero-order chi connectivity index (χ0) is 24.4. The highest BCUT2D eigenvalue weighted by Gasteiger charge is 2.34. The molecule has 4 rings (SSSR count). The maximum absolute atomic E-state index is 13.8. The van der Waals surface area contributed by atoms with Crippen molar-refractivity contribution in [2.75, 3.05) is 21.3 Å². The third-order valence-electron chi connectivity index (χ3n) is 5.79. The summed E-state index contributed by atoms with van der Waals surface area (Å²) in [6.07, 6.45) is 3.22. The van der Waals surface area contributed by atoms with Crippen LogP contribution in [0.3, 0.4) is 0 Å². The van der Waals surface area contributed by atoms with Crippen LogP contribution in [-0.4, -0.2) is 30.9 Å². The standard InChI is InChI=1S/C25H24N4O5/c1-14-9-18-22(21(16-5-7-28-8-6-16)17(12-26)24(27)34-18)25(30)29(14)13-15-10-19(31-2)23(33-4)20(11-15)32-3/h5-11,21H,13,27H2,1-4H3/t21-/m0/s1. The number of aryl methyl sites for hydroxylation is 1. The van der Waals surface area contributed by atoms with E-state index < -0.39 is 5.92 Å². The first-order chi connectivity index (χ1) is 16.4. The molecule has 0 bridgehead atoms. The Morgan fingerprint density at radius 1 is 1.12 bits per heavy atom. The van der Waals surface area contributed by atoms with Crippen molar-refractivity contribution in [1.82, 2.24) is 9.55 Å². The Bertz CT molecular complexity index is 1350. The molecule has 9 heteroatoms. The molecule has 0 spiro atoms. The smallest absolute Gasteiger partial charge is 0.259 e. The lowest BCUT2D eigenvalue weighted by atomic mass is 9.84. The fourth-order valence-corrected chi connectivity index (χ4v) is 4.18. The average molecular weight is 460 g/mol. The van der Waals surface area contributed by atoms with Gasteiger partial charge in [0.15, 0.2) is 11.5 Å². The van der Waals surface area contributed by atoms with Crippen LogP contribution in [0.15, 0.2) is 59.0 Å². The Labute approximate surface area is 196 Å². The van der Waals surface area contributed by atoms with Crippen molar-refractivity contribution in [2.24, 2.45) is 5.73 Å². The Morgan fingerprint density at radius 3 is 2.32 bits per heavy atom. The second kappa shape index (κ2) is 9.19. The summed E-state index contributed by atoms with van der Waals surface area (Å²) in [7, 11) is 4.60. The third-order valence-corrected chi connectivity index (χ3v) is 5.79. The fourth-order valence-electron chi connectivity index (χ4n) is 4.18. The summed E-state index contributed by atoms with van der Waals surface area (Å²) in [4.78, 5) is 17.9. The van der Waals surface area contributed by atoms with E-state index in [0.29, 0.717) is 34.3 Å². The number of benzene rings is 1. The van der Waals surface area contributed by atoms with Crippen LogP contribution in [-0.2, 0) is 6.54 Å². The van der Waals surface area contributed by atoms with Crippen LogP contribution < -0.4 is 30.2 Å². The summed E-state index contributed by atoms with van der Waals surface area (Å²) in [5.41, 5.74) is 8.45. The van der Waals surface area contributed by atoms with Gasteiger partial charge in [0.25, 0.3) is 5.56 Å². The van der Waals surface area contributed by atoms with E-state index in [4.69, 9.17) is 24.7 Å². The Balaban J connectivity index is 1.89. The second-order valence-electron chi connectivity index (χ2n) is 7.69. The molecule has 0 radical (unpaired) electrons. The van der Waals surface area contributed by atoms with Gasteiger partial charge in [0, 0.05) is 24.2 Å². The van der Waals surface area contributed by atoms with E-state index in [1.807, 2.05) is 6.92 Å². The molecular weight excluding hydrogens is 436 g/mol. The highest BCUT2D eigenvalue weighted by Crippen LogP contribution is 2.41. The number of hydrogen-bond acceptors (Lipinski definition) is 8. The molecule has 0 saturated heterocycles. The number of nitrogens with zero attached hydrogens (tertiary/aromatic N) is 3. The van der Waals surface area contributed by atoms with Crippen molar-refractivity contribution in [3.05, 3.63) is 86.9 Å². The van der Waals surface area contributed by atoms with Crippen molar-refractivity contribution in [2.45, 2.75) is 19.4 Å². The number of hydrogen-bond donors (Lipinski definition) is 1. The van der Waals surface area contributed by atoms with Gasteiger partial charge in [-0.3, -0.25) is 9.78 Å². The molecule has 0 unspecified atom stereocenters. The molecule has 2 aromatic heterocycles. The van der Waals surface area contributed by atoms with Crippen LogP contribution >= 0.6 is 0 Å². The lowest BCUT2D eigenvalue weighted by molar-refractivity contribution is 0.323.